The largest absolute Gasteiger partial charge is 0.870 e. The molecule has 0 heterocycles. The molecule has 0 rings (SSSR count). The van der Waals surface area contributed by atoms with Gasteiger partial charge in [-0.05, 0) is 0 Å². The Kier molecular flexibility index (Phi) is 157. The summed E-state index contributed by atoms with van der Waals surface area (Å²) in [5, 5.41) is 0. The van der Waals surface area contributed by atoms with Crippen molar-refractivity contribution in [2.75, 3.05) is 0 Å². The molecular weight excluding hydrogens is 138 g/mol. The van der Waals surface area contributed by atoms with Gasteiger partial charge in [-0.3, -0.25) is 0 Å². The second-order valence-electron chi connectivity index (χ2n) is 0. The normalized spacial score (nSPS) is 0. The zero-order valence-corrected chi connectivity index (χ0v) is 6.13. The molecule has 0 fully saturated rings. The monoisotopic (exact) mass is 143 g/mol. The Morgan fingerprint density at radius 3 is 1.00 bits per heavy atom. The summed E-state index contributed by atoms with van der Waals surface area (Å²) in [5.74, 6) is 0. The third kappa shape index (κ3) is 8.86. The summed E-state index contributed by atoms with van der Waals surface area (Å²) < 4.78 is 0. The Labute approximate surface area is 76.4 Å². The van der Waals surface area contributed by atoms with Gasteiger partial charge in [0.05, 0.1) is 0 Å². The van der Waals surface area contributed by atoms with E-state index in [0.717, 1.165) is 0 Å². The van der Waals surface area contributed by atoms with Crippen LogP contribution in [0.3, 0.4) is 0 Å². The van der Waals surface area contributed by atoms with Gasteiger partial charge in [0.2, 0.25) is 0 Å². The molecule has 0 saturated heterocycles. The predicted molar refractivity (Wildman–Crippen MR) is 19.0 cm³/mol. The van der Waals surface area contributed by atoms with E-state index < -0.39 is 0 Å². The second-order valence-corrected chi connectivity index (χ2v) is 0. The van der Waals surface area contributed by atoms with Crippen molar-refractivity contribution in [2.45, 2.75) is 0 Å². The van der Waals surface area contributed by atoms with Gasteiger partial charge >= 0.3 is 37.7 Å². The summed E-state index contributed by atoms with van der Waals surface area (Å²) in [6.45, 7) is 0. The van der Waals surface area contributed by atoms with Crippen LogP contribution in [0.4, 0.5) is 0 Å². The average Bonchev–Trinajstić information content (AvgIpc) is 0. The smallest absolute Gasteiger partial charge is 0 e. The van der Waals surface area contributed by atoms with Crippen molar-refractivity contribution in [2.24, 2.45) is 0 Å². The summed E-state index contributed by atoms with van der Waals surface area (Å²) in [6.07, 6.45) is 0. The topological polar surface area (TPSA) is 30.0 Å². The molecule has 0 aliphatic carbocycles. The molecule has 0 saturated carbocycles. The van der Waals surface area contributed by atoms with Crippen LogP contribution in [0, 0.1) is 0 Å². The van der Waals surface area contributed by atoms with Gasteiger partial charge in [-0.25, -0.2) is 0 Å². The Morgan fingerprint density at radius 1 is 1.00 bits per heavy atom. The van der Waals surface area contributed by atoms with E-state index in [-0.39, 0.29) is 77.6 Å². The van der Waals surface area contributed by atoms with Crippen LogP contribution < -0.4 is 0 Å². The maximum absolute atomic E-state index is 0. The molecule has 4 heteroatoms. The van der Waals surface area contributed by atoms with Crippen LogP contribution in [0.15, 0.2) is 0 Å². The second kappa shape index (κ2) is 18.6. The van der Waals surface area contributed by atoms with Crippen LogP contribution in [-0.4, -0.2) is 60.6 Å². The minimum atomic E-state index is 0. The molecule has 0 bridgehead atoms. The van der Waals surface area contributed by atoms with Crippen LogP contribution in [0.5, 0.6) is 0 Å². The zero-order chi connectivity index (χ0) is 0. The molecule has 1 radical (unpaired) electrons. The number of hydrogen-bond acceptors (Lipinski definition) is 1. The molecule has 0 unspecified atom stereocenters. The number of hydrogen-bond donors (Lipinski definition) is 0. The summed E-state index contributed by atoms with van der Waals surface area (Å²) >= 11 is 0. The molecule has 0 spiro atoms. The van der Waals surface area contributed by atoms with E-state index in [2.05, 4.69) is 0 Å². The van der Waals surface area contributed by atoms with Crippen molar-refractivity contribution in [1.82, 2.24) is 0 Å². The fraction of sp³-hybridized carbons (Fsp3) is 0. The van der Waals surface area contributed by atoms with E-state index in [1.807, 2.05) is 0 Å². The van der Waals surface area contributed by atoms with Crippen molar-refractivity contribution >= 4 is 55.1 Å². The van der Waals surface area contributed by atoms with E-state index in [0.29, 0.717) is 0 Å². The van der Waals surface area contributed by atoms with Gasteiger partial charge in [-0.1, -0.05) is 0 Å². The first-order chi connectivity index (χ1) is 0. The quantitative estimate of drug-likeness (QED) is 0.360. The van der Waals surface area contributed by atoms with Crippen LogP contribution in [0.1, 0.15) is 0 Å². The number of rotatable bonds is 0. The van der Waals surface area contributed by atoms with Gasteiger partial charge in [-0.2, -0.15) is 0 Å². The Hall–Kier alpha value is 2.27. The molecule has 23 valence electrons. The van der Waals surface area contributed by atoms with Gasteiger partial charge in [0.25, 0.3) is 0 Å². The van der Waals surface area contributed by atoms with Gasteiger partial charge in [-0.15, -0.1) is 0 Å². The summed E-state index contributed by atoms with van der Waals surface area (Å²) in [7, 11) is 0. The Morgan fingerprint density at radius 2 is 1.00 bits per heavy atom. The maximum Gasteiger partial charge on any atom is 0 e. The van der Waals surface area contributed by atoms with Crippen molar-refractivity contribution in [3.05, 3.63) is 0 Å². The molecule has 0 aliphatic rings. The van der Waals surface area contributed by atoms with Crippen molar-refractivity contribution in [3.8, 4) is 0 Å². The summed E-state index contributed by atoms with van der Waals surface area (Å²) in [6, 6.07) is 0. The molecular formula is H5AlCaMnO. The van der Waals surface area contributed by atoms with Gasteiger partial charge in [0, 0.05) is 17.1 Å². The fourth-order valence-corrected chi connectivity index (χ4v) is 0. The summed E-state index contributed by atoms with van der Waals surface area (Å²) in [4.78, 5) is 0. The van der Waals surface area contributed by atoms with Gasteiger partial charge in [0.15, 0.2) is 17.4 Å². The van der Waals surface area contributed by atoms with E-state index in [1.165, 1.54) is 0 Å². The standard InChI is InChI=1S/Al.Ca.Mn.H2O.4H/h;;;1H2;;;;/q;+1;;;;;;/p-1. The molecule has 0 amide bonds. The fourth-order valence-electron chi connectivity index (χ4n) is 0. The molecule has 4 heavy (non-hydrogen) atoms. The van der Waals surface area contributed by atoms with E-state index in [4.69, 9.17) is 0 Å². The molecule has 0 atom stereocenters. The van der Waals surface area contributed by atoms with E-state index in [9.17, 15) is 0 Å². The molecule has 0 aromatic rings. The van der Waals surface area contributed by atoms with Crippen LogP contribution in [-0.2, 0) is 17.1 Å². The van der Waals surface area contributed by atoms with Crippen LogP contribution in [0.25, 0.3) is 0 Å². The summed E-state index contributed by atoms with van der Waals surface area (Å²) in [5.41, 5.74) is 0. The first kappa shape index (κ1) is 33.8. The first-order valence-corrected chi connectivity index (χ1v) is 0. The average molecular weight is 143 g/mol. The van der Waals surface area contributed by atoms with E-state index in [1.54, 1.807) is 0 Å². The van der Waals surface area contributed by atoms with E-state index >= 15 is 0 Å². The van der Waals surface area contributed by atoms with Gasteiger partial charge < -0.3 is 5.48 Å². The van der Waals surface area contributed by atoms with Crippen molar-refractivity contribution in [1.29, 1.82) is 0 Å². The predicted octanol–water partition coefficient (Wildman–Crippen LogP) is -2.01. The van der Waals surface area contributed by atoms with Crippen LogP contribution in [0.2, 0.25) is 0 Å². The van der Waals surface area contributed by atoms with Crippen molar-refractivity contribution < 1.29 is 22.5 Å². The Balaban J connectivity index is 0. The Bertz CT molecular complexity index is 8.00. The third-order valence-corrected chi connectivity index (χ3v) is 0. The molecule has 1 N–H and O–H groups in total. The zero-order valence-electron chi connectivity index (χ0n) is 1.83. The molecule has 0 aromatic heterocycles. The molecule has 0 aliphatic heterocycles. The maximum atomic E-state index is 0. The van der Waals surface area contributed by atoms with Crippen molar-refractivity contribution in [3.63, 3.8) is 0 Å². The third-order valence-electron chi connectivity index (χ3n) is 0. The SMILES string of the molecule is [AlH3].[CaH+].[Mn].[OH-]. The molecule has 0 aromatic carbocycles. The minimum Gasteiger partial charge on any atom is -0.870 e. The minimum absolute atomic E-state index is 0. The molecule has 1 nitrogen and oxygen atoms in total. The van der Waals surface area contributed by atoms with Crippen LogP contribution >= 0.6 is 0 Å². The van der Waals surface area contributed by atoms with Gasteiger partial charge in [0.1, 0.15) is 0 Å². The first-order valence-electron chi connectivity index (χ1n) is 0.